The minimum atomic E-state index is -1.05. The number of hydrogen-bond acceptors (Lipinski definition) is 1. The van der Waals surface area contributed by atoms with Crippen molar-refractivity contribution in [3.63, 3.8) is 0 Å². The van der Waals surface area contributed by atoms with E-state index in [1.165, 1.54) is 13.2 Å². The van der Waals surface area contributed by atoms with Crippen LogP contribution in [0.1, 0.15) is 0 Å². The summed E-state index contributed by atoms with van der Waals surface area (Å²) in [4.78, 5) is 0. The fourth-order valence-corrected chi connectivity index (χ4v) is 0.754. The summed E-state index contributed by atoms with van der Waals surface area (Å²) in [5, 5.41) is 0. The maximum Gasteiger partial charge on any atom is 0.199 e. The van der Waals surface area contributed by atoms with Gasteiger partial charge in [-0.15, -0.1) is 0 Å². The lowest BCUT2D eigenvalue weighted by Crippen LogP contribution is -2.10. The molecule has 0 atom stereocenters. The molecule has 0 aliphatic carbocycles. The van der Waals surface area contributed by atoms with Crippen LogP contribution in [0.4, 0.5) is 8.78 Å². The first-order valence-corrected chi connectivity index (χ1v) is 2.94. The van der Waals surface area contributed by atoms with Crippen LogP contribution in [-0.2, 0) is 0 Å². The number of methoxy groups -OCH3 is 1. The van der Waals surface area contributed by atoms with E-state index in [1.807, 2.05) is 0 Å². The highest BCUT2D eigenvalue weighted by atomic mass is 19.2. The predicted molar refractivity (Wildman–Crippen MR) is 38.3 cm³/mol. The number of hydrogen-bond donors (Lipinski definition) is 0. The zero-order chi connectivity index (χ0) is 8.43. The van der Waals surface area contributed by atoms with Crippen molar-refractivity contribution in [2.45, 2.75) is 0 Å². The zero-order valence-electron chi connectivity index (χ0n) is 5.90. The number of ether oxygens (including phenoxy) is 1. The normalized spacial score (nSPS) is 9.73. The smallest absolute Gasteiger partial charge is 0.199 e. The third-order valence-electron chi connectivity index (χ3n) is 1.28. The minimum Gasteiger partial charge on any atom is -0.494 e. The van der Waals surface area contributed by atoms with E-state index < -0.39 is 11.6 Å². The lowest BCUT2D eigenvalue weighted by Gasteiger charge is -2.05. The monoisotopic (exact) mass is 154 g/mol. The molecule has 4 heteroatoms. The van der Waals surface area contributed by atoms with Crippen LogP contribution in [0.25, 0.3) is 0 Å². The fraction of sp³-hybridized carbons (Fsp3) is 0.143. The van der Waals surface area contributed by atoms with Crippen molar-refractivity contribution in [1.29, 1.82) is 0 Å². The van der Waals surface area contributed by atoms with Crippen LogP contribution in [0.3, 0.4) is 0 Å². The van der Waals surface area contributed by atoms with Crippen molar-refractivity contribution in [3.05, 3.63) is 23.8 Å². The van der Waals surface area contributed by atoms with Gasteiger partial charge >= 0.3 is 0 Å². The Bertz CT molecular complexity index is 275. The van der Waals surface area contributed by atoms with E-state index in [0.717, 1.165) is 6.07 Å². The molecule has 0 amide bonds. The predicted octanol–water partition coefficient (Wildman–Crippen LogP) is 0.767. The Morgan fingerprint density at radius 3 is 2.45 bits per heavy atom. The number of rotatable bonds is 1. The highest BCUT2D eigenvalue weighted by Crippen LogP contribution is 2.15. The summed E-state index contributed by atoms with van der Waals surface area (Å²) in [6.07, 6.45) is 0. The minimum absolute atomic E-state index is 0.0893. The summed E-state index contributed by atoms with van der Waals surface area (Å²) in [5.74, 6) is -2.26. The van der Waals surface area contributed by atoms with Gasteiger partial charge in [-0.3, -0.25) is 0 Å². The van der Waals surface area contributed by atoms with Gasteiger partial charge < -0.3 is 4.74 Å². The second kappa shape index (κ2) is 2.90. The van der Waals surface area contributed by atoms with Crippen LogP contribution < -0.4 is 10.2 Å². The van der Waals surface area contributed by atoms with Crippen LogP contribution in [0.15, 0.2) is 12.1 Å². The summed E-state index contributed by atoms with van der Waals surface area (Å²) in [6.45, 7) is 0. The van der Waals surface area contributed by atoms with Crippen LogP contribution in [0.2, 0.25) is 0 Å². The standard InChI is InChI=1S/C7H5BF2O/c1-11-7-4(8)2-3-5(9)6(7)10/h2-3H,1H3. The van der Waals surface area contributed by atoms with E-state index in [-0.39, 0.29) is 11.2 Å². The molecule has 56 valence electrons. The molecular formula is C7H5BF2O. The van der Waals surface area contributed by atoms with Gasteiger partial charge in [0.2, 0.25) is 0 Å². The van der Waals surface area contributed by atoms with Gasteiger partial charge in [0.25, 0.3) is 0 Å². The van der Waals surface area contributed by atoms with Crippen molar-refractivity contribution in [2.75, 3.05) is 7.11 Å². The Balaban J connectivity index is 3.29. The van der Waals surface area contributed by atoms with Gasteiger partial charge in [0, 0.05) is 0 Å². The van der Waals surface area contributed by atoms with Gasteiger partial charge in [-0.05, 0) is 6.07 Å². The summed E-state index contributed by atoms with van der Waals surface area (Å²) >= 11 is 0. The average Bonchev–Trinajstić information content (AvgIpc) is 1.99. The summed E-state index contributed by atoms with van der Waals surface area (Å²) in [6, 6.07) is 2.20. The van der Waals surface area contributed by atoms with E-state index in [0.29, 0.717) is 0 Å². The summed E-state index contributed by atoms with van der Waals surface area (Å²) < 4.78 is 29.6. The van der Waals surface area contributed by atoms with E-state index in [4.69, 9.17) is 7.85 Å². The molecule has 0 aromatic heterocycles. The Morgan fingerprint density at radius 2 is 2.00 bits per heavy atom. The maximum atomic E-state index is 12.7. The Hall–Kier alpha value is -1.06. The number of halogens is 2. The molecule has 1 aromatic carbocycles. The SMILES string of the molecule is [B]c1ccc(F)c(F)c1OC. The van der Waals surface area contributed by atoms with Crippen LogP contribution in [0.5, 0.6) is 5.75 Å². The van der Waals surface area contributed by atoms with E-state index in [2.05, 4.69) is 4.74 Å². The third-order valence-corrected chi connectivity index (χ3v) is 1.28. The molecule has 0 aliphatic rings. The van der Waals surface area contributed by atoms with Crippen molar-refractivity contribution in [2.24, 2.45) is 0 Å². The van der Waals surface area contributed by atoms with Crippen LogP contribution >= 0.6 is 0 Å². The summed E-state index contributed by atoms with van der Waals surface area (Å²) in [5.41, 5.74) is 0.0893. The van der Waals surface area contributed by atoms with Crippen LogP contribution in [0, 0.1) is 11.6 Å². The first-order valence-electron chi connectivity index (χ1n) is 2.94. The average molecular weight is 154 g/mol. The molecule has 2 radical (unpaired) electrons. The Labute approximate surface area is 64.4 Å². The molecule has 1 aromatic rings. The van der Waals surface area contributed by atoms with Gasteiger partial charge in [-0.2, -0.15) is 4.39 Å². The molecule has 1 rings (SSSR count). The number of benzene rings is 1. The second-order valence-electron chi connectivity index (χ2n) is 1.98. The molecule has 1 nitrogen and oxygen atoms in total. The molecule has 0 saturated carbocycles. The Kier molecular flexibility index (Phi) is 2.12. The maximum absolute atomic E-state index is 12.7. The van der Waals surface area contributed by atoms with Gasteiger partial charge in [0.05, 0.1) is 7.11 Å². The van der Waals surface area contributed by atoms with E-state index in [1.54, 1.807) is 0 Å². The van der Waals surface area contributed by atoms with Gasteiger partial charge in [-0.1, -0.05) is 11.5 Å². The third kappa shape index (κ3) is 1.34. The van der Waals surface area contributed by atoms with Crippen molar-refractivity contribution >= 4 is 13.3 Å². The lowest BCUT2D eigenvalue weighted by molar-refractivity contribution is 0.375. The lowest BCUT2D eigenvalue weighted by atomic mass is 9.95. The molecule has 0 unspecified atom stereocenters. The van der Waals surface area contributed by atoms with Crippen LogP contribution in [-0.4, -0.2) is 15.0 Å². The van der Waals surface area contributed by atoms with Gasteiger partial charge in [0.1, 0.15) is 7.85 Å². The molecule has 0 bridgehead atoms. The molecule has 0 aliphatic heterocycles. The largest absolute Gasteiger partial charge is 0.494 e. The Morgan fingerprint density at radius 1 is 1.36 bits per heavy atom. The van der Waals surface area contributed by atoms with Crippen molar-refractivity contribution in [1.82, 2.24) is 0 Å². The molecule has 0 saturated heterocycles. The van der Waals surface area contributed by atoms with Gasteiger partial charge in [-0.25, -0.2) is 4.39 Å². The molecule has 0 fully saturated rings. The topological polar surface area (TPSA) is 9.23 Å². The summed E-state index contributed by atoms with van der Waals surface area (Å²) in [7, 11) is 6.50. The first-order chi connectivity index (χ1) is 5.16. The highest BCUT2D eigenvalue weighted by Gasteiger charge is 2.09. The molecule has 0 N–H and O–H groups in total. The molecule has 11 heavy (non-hydrogen) atoms. The van der Waals surface area contributed by atoms with Crippen molar-refractivity contribution < 1.29 is 13.5 Å². The molecular weight excluding hydrogens is 149 g/mol. The zero-order valence-corrected chi connectivity index (χ0v) is 5.90. The van der Waals surface area contributed by atoms with E-state index in [9.17, 15) is 8.78 Å². The molecule has 0 heterocycles. The molecule has 0 spiro atoms. The van der Waals surface area contributed by atoms with Gasteiger partial charge in [0.15, 0.2) is 17.4 Å². The second-order valence-corrected chi connectivity index (χ2v) is 1.98. The first kappa shape index (κ1) is 8.05. The van der Waals surface area contributed by atoms with E-state index >= 15 is 0 Å². The highest BCUT2D eigenvalue weighted by molar-refractivity contribution is 6.34. The quantitative estimate of drug-likeness (QED) is 0.542. The fourth-order valence-electron chi connectivity index (χ4n) is 0.754. The van der Waals surface area contributed by atoms with Crippen molar-refractivity contribution in [3.8, 4) is 5.75 Å².